The second-order valence-electron chi connectivity index (χ2n) is 5.63. The Morgan fingerprint density at radius 3 is 2.52 bits per heavy atom. The molecule has 0 radical (unpaired) electrons. The molecule has 0 atom stereocenters. The summed E-state index contributed by atoms with van der Waals surface area (Å²) in [6.45, 7) is 3.97. The van der Waals surface area contributed by atoms with Crippen LogP contribution in [0, 0.1) is 13.8 Å². The summed E-state index contributed by atoms with van der Waals surface area (Å²) < 4.78 is 0. The van der Waals surface area contributed by atoms with Crippen LogP contribution in [0.15, 0.2) is 60.8 Å². The topological polar surface area (TPSA) is 56.0 Å². The minimum atomic E-state index is -0.0802. The van der Waals surface area contributed by atoms with Crippen molar-refractivity contribution >= 4 is 11.5 Å². The summed E-state index contributed by atoms with van der Waals surface area (Å²) in [6.07, 6.45) is 1.64. The lowest BCUT2D eigenvalue weighted by Crippen LogP contribution is -2.08. The highest BCUT2D eigenvalue weighted by Gasteiger charge is 2.17. The number of carbonyl (C=O) groups is 1. The van der Waals surface area contributed by atoms with Gasteiger partial charge in [0.2, 0.25) is 0 Å². The molecular weight excluding hydrogens is 284 g/mol. The summed E-state index contributed by atoms with van der Waals surface area (Å²) in [5.41, 5.74) is 11.6. The molecule has 3 heteroatoms. The van der Waals surface area contributed by atoms with E-state index in [9.17, 15) is 4.79 Å². The number of ketones is 1. The molecule has 0 aliphatic carbocycles. The Labute approximate surface area is 135 Å². The Morgan fingerprint density at radius 1 is 1.00 bits per heavy atom. The summed E-state index contributed by atoms with van der Waals surface area (Å²) in [4.78, 5) is 17.2. The maximum atomic E-state index is 12.8. The Balaban J connectivity index is 2.11. The molecule has 3 nitrogen and oxygen atoms in total. The van der Waals surface area contributed by atoms with Crippen LogP contribution in [0.3, 0.4) is 0 Å². The van der Waals surface area contributed by atoms with E-state index in [0.29, 0.717) is 22.5 Å². The van der Waals surface area contributed by atoms with Crippen LogP contribution in [0.5, 0.6) is 0 Å². The number of nitrogens with two attached hydrogens (primary N) is 1. The summed E-state index contributed by atoms with van der Waals surface area (Å²) in [6, 6.07) is 17.1. The molecule has 3 rings (SSSR count). The maximum absolute atomic E-state index is 12.8. The van der Waals surface area contributed by atoms with Gasteiger partial charge in [0.15, 0.2) is 5.78 Å². The number of pyridine rings is 1. The van der Waals surface area contributed by atoms with Crippen molar-refractivity contribution in [3.63, 3.8) is 0 Å². The van der Waals surface area contributed by atoms with Gasteiger partial charge in [0, 0.05) is 22.9 Å². The van der Waals surface area contributed by atoms with Gasteiger partial charge in [-0.15, -0.1) is 0 Å². The molecule has 1 aromatic heterocycles. The lowest BCUT2D eigenvalue weighted by molar-refractivity contribution is 0.103. The molecule has 23 heavy (non-hydrogen) atoms. The lowest BCUT2D eigenvalue weighted by atomic mass is 9.97. The number of nitrogen functional groups attached to an aromatic ring is 1. The van der Waals surface area contributed by atoms with E-state index in [0.717, 1.165) is 16.7 Å². The van der Waals surface area contributed by atoms with Crippen LogP contribution in [0.4, 0.5) is 5.69 Å². The first kappa shape index (κ1) is 15.0. The Morgan fingerprint density at radius 2 is 1.78 bits per heavy atom. The molecule has 0 amide bonds. The number of anilines is 1. The van der Waals surface area contributed by atoms with Gasteiger partial charge in [0.1, 0.15) is 0 Å². The number of nitrogens with zero attached hydrogens (tertiary/aromatic N) is 1. The van der Waals surface area contributed by atoms with Crippen LogP contribution in [-0.2, 0) is 0 Å². The second-order valence-corrected chi connectivity index (χ2v) is 5.63. The van der Waals surface area contributed by atoms with Crippen LogP contribution in [0.1, 0.15) is 27.0 Å². The lowest BCUT2D eigenvalue weighted by Gasteiger charge is -2.11. The van der Waals surface area contributed by atoms with Crippen molar-refractivity contribution in [3.05, 3.63) is 83.0 Å². The quantitative estimate of drug-likeness (QED) is 0.738. The first-order valence-corrected chi connectivity index (χ1v) is 7.50. The van der Waals surface area contributed by atoms with E-state index < -0.39 is 0 Å². The molecular formula is C20H18N2O. The minimum Gasteiger partial charge on any atom is -0.396 e. The molecule has 3 aromatic rings. The Bertz CT molecular complexity index is 884. The van der Waals surface area contributed by atoms with Gasteiger partial charge in [0.25, 0.3) is 0 Å². The molecule has 114 valence electrons. The van der Waals surface area contributed by atoms with Gasteiger partial charge < -0.3 is 5.73 Å². The van der Waals surface area contributed by atoms with Crippen LogP contribution in [0.25, 0.3) is 11.3 Å². The van der Waals surface area contributed by atoms with Crippen molar-refractivity contribution in [2.45, 2.75) is 13.8 Å². The molecule has 0 aliphatic heterocycles. The second kappa shape index (κ2) is 6.05. The van der Waals surface area contributed by atoms with Gasteiger partial charge in [-0.1, -0.05) is 48.0 Å². The number of aryl methyl sites for hydroxylation is 2. The highest BCUT2D eigenvalue weighted by atomic mass is 16.1. The molecule has 2 N–H and O–H groups in total. The average molecular weight is 302 g/mol. The van der Waals surface area contributed by atoms with E-state index >= 15 is 0 Å². The van der Waals surface area contributed by atoms with E-state index in [1.165, 1.54) is 0 Å². The van der Waals surface area contributed by atoms with E-state index in [4.69, 9.17) is 5.73 Å². The molecule has 0 saturated carbocycles. The van der Waals surface area contributed by atoms with Gasteiger partial charge in [0.05, 0.1) is 11.4 Å². The predicted molar refractivity (Wildman–Crippen MR) is 93.4 cm³/mol. The number of hydrogen-bond acceptors (Lipinski definition) is 3. The van der Waals surface area contributed by atoms with Crippen molar-refractivity contribution < 1.29 is 4.79 Å². The van der Waals surface area contributed by atoms with Crippen molar-refractivity contribution in [2.24, 2.45) is 0 Å². The molecule has 0 bridgehead atoms. The standard InChI is InChI=1S/C20H18N2O/c1-13-6-5-8-15(12-13)20(23)17-10-11-22-19(18(17)21)16-9-4-3-7-14(16)2/h3-12H,21H2,1-2H3. The number of benzene rings is 2. The SMILES string of the molecule is Cc1cccc(C(=O)c2ccnc(-c3ccccc3C)c2N)c1. The third-order valence-corrected chi connectivity index (χ3v) is 3.92. The van der Waals surface area contributed by atoms with Crippen molar-refractivity contribution in [2.75, 3.05) is 5.73 Å². The fourth-order valence-electron chi connectivity index (χ4n) is 2.67. The largest absolute Gasteiger partial charge is 0.396 e. The zero-order valence-corrected chi connectivity index (χ0v) is 13.2. The Kier molecular flexibility index (Phi) is 3.94. The number of rotatable bonds is 3. The fourth-order valence-corrected chi connectivity index (χ4v) is 2.67. The van der Waals surface area contributed by atoms with Crippen molar-refractivity contribution in [3.8, 4) is 11.3 Å². The van der Waals surface area contributed by atoms with Crippen LogP contribution >= 0.6 is 0 Å². The highest BCUT2D eigenvalue weighted by Crippen LogP contribution is 2.29. The molecule has 2 aromatic carbocycles. The van der Waals surface area contributed by atoms with Gasteiger partial charge in [-0.2, -0.15) is 0 Å². The van der Waals surface area contributed by atoms with E-state index in [1.54, 1.807) is 12.3 Å². The number of hydrogen-bond donors (Lipinski definition) is 1. The summed E-state index contributed by atoms with van der Waals surface area (Å²) in [5, 5.41) is 0. The highest BCUT2D eigenvalue weighted by molar-refractivity contribution is 6.13. The first-order valence-electron chi connectivity index (χ1n) is 7.50. The molecule has 0 spiro atoms. The third kappa shape index (κ3) is 2.86. The van der Waals surface area contributed by atoms with Gasteiger partial charge in [-0.3, -0.25) is 9.78 Å². The normalized spacial score (nSPS) is 10.5. The average Bonchev–Trinajstić information content (AvgIpc) is 2.55. The molecule has 0 unspecified atom stereocenters. The van der Waals surface area contributed by atoms with Gasteiger partial charge in [-0.25, -0.2) is 0 Å². The summed E-state index contributed by atoms with van der Waals surface area (Å²) in [5.74, 6) is -0.0802. The molecule has 1 heterocycles. The summed E-state index contributed by atoms with van der Waals surface area (Å²) in [7, 11) is 0. The number of carbonyl (C=O) groups excluding carboxylic acids is 1. The van der Waals surface area contributed by atoms with Crippen LogP contribution < -0.4 is 5.73 Å². The monoisotopic (exact) mass is 302 g/mol. The van der Waals surface area contributed by atoms with Gasteiger partial charge in [-0.05, 0) is 31.5 Å². The zero-order valence-electron chi connectivity index (χ0n) is 13.2. The summed E-state index contributed by atoms with van der Waals surface area (Å²) >= 11 is 0. The van der Waals surface area contributed by atoms with Crippen LogP contribution in [0.2, 0.25) is 0 Å². The molecule has 0 fully saturated rings. The molecule has 0 aliphatic rings. The zero-order chi connectivity index (χ0) is 16.4. The smallest absolute Gasteiger partial charge is 0.195 e. The fraction of sp³-hybridized carbons (Fsp3) is 0.100. The third-order valence-electron chi connectivity index (χ3n) is 3.92. The first-order chi connectivity index (χ1) is 11.1. The number of aromatic nitrogens is 1. The van der Waals surface area contributed by atoms with Crippen molar-refractivity contribution in [1.29, 1.82) is 0 Å². The van der Waals surface area contributed by atoms with Gasteiger partial charge >= 0.3 is 0 Å². The van der Waals surface area contributed by atoms with E-state index in [2.05, 4.69) is 4.98 Å². The minimum absolute atomic E-state index is 0.0802. The predicted octanol–water partition coefficient (Wildman–Crippen LogP) is 4.18. The van der Waals surface area contributed by atoms with Crippen LogP contribution in [-0.4, -0.2) is 10.8 Å². The van der Waals surface area contributed by atoms with Crippen molar-refractivity contribution in [1.82, 2.24) is 4.98 Å². The van der Waals surface area contributed by atoms with E-state index in [1.807, 2.05) is 62.4 Å². The maximum Gasteiger partial charge on any atom is 0.195 e. The Hall–Kier alpha value is -2.94. The van der Waals surface area contributed by atoms with E-state index in [-0.39, 0.29) is 5.78 Å². The molecule has 0 saturated heterocycles.